The fraction of sp³-hybridized carbons (Fsp3) is 0.889. The molecule has 1 saturated heterocycles. The number of hydrogen-bond acceptors (Lipinski definition) is 4. The van der Waals surface area contributed by atoms with E-state index >= 15 is 0 Å². The summed E-state index contributed by atoms with van der Waals surface area (Å²) in [6.45, 7) is 4.47. The maximum atomic E-state index is 11.1. The lowest BCUT2D eigenvalue weighted by atomic mass is 10.1. The van der Waals surface area contributed by atoms with Crippen LogP contribution in [-0.4, -0.2) is 36.5 Å². The summed E-state index contributed by atoms with van der Waals surface area (Å²) in [4.78, 5) is 11.1. The predicted octanol–water partition coefficient (Wildman–Crippen LogP) is 0.335. The molecule has 0 aromatic heterocycles. The van der Waals surface area contributed by atoms with Gasteiger partial charge in [-0.25, -0.2) is 4.79 Å². The van der Waals surface area contributed by atoms with Gasteiger partial charge in [0.05, 0.1) is 13.2 Å². The highest BCUT2D eigenvalue weighted by atomic mass is 16.6. The summed E-state index contributed by atoms with van der Waals surface area (Å²) >= 11 is 0. The molecule has 2 atom stereocenters. The zero-order chi connectivity index (χ0) is 9.84. The molecular weight excluding hydrogens is 172 g/mol. The average Bonchev–Trinajstić information content (AvgIpc) is 2.81. The van der Waals surface area contributed by atoms with Gasteiger partial charge < -0.3 is 14.6 Å². The Morgan fingerprint density at radius 3 is 2.77 bits per heavy atom. The smallest absolute Gasteiger partial charge is 0.338 e. The predicted molar refractivity (Wildman–Crippen MR) is 46.2 cm³/mol. The Labute approximate surface area is 77.8 Å². The first-order valence-electron chi connectivity index (χ1n) is 4.58. The van der Waals surface area contributed by atoms with Crippen molar-refractivity contribution in [2.45, 2.75) is 32.5 Å². The van der Waals surface area contributed by atoms with E-state index < -0.39 is 6.10 Å². The van der Waals surface area contributed by atoms with Crippen molar-refractivity contribution >= 4 is 5.97 Å². The summed E-state index contributed by atoms with van der Waals surface area (Å²) in [5.74, 6) is 0.182. The first kappa shape index (κ1) is 10.5. The fourth-order valence-corrected chi connectivity index (χ4v) is 0.966. The quantitative estimate of drug-likeness (QED) is 0.499. The highest BCUT2D eigenvalue weighted by molar-refractivity contribution is 5.77. The van der Waals surface area contributed by atoms with Crippen LogP contribution < -0.4 is 0 Å². The molecule has 0 spiro atoms. The minimum absolute atomic E-state index is 0.107. The number of aliphatic hydroxyl groups excluding tert-OH is 1. The molecule has 1 fully saturated rings. The Balaban J connectivity index is 2.06. The van der Waals surface area contributed by atoms with E-state index in [0.29, 0.717) is 12.5 Å². The normalized spacial score (nSPS) is 26.2. The Kier molecular flexibility index (Phi) is 3.69. The number of aliphatic hydroxyl groups is 1. The molecule has 0 amide bonds. The molecular formula is C9H16O4. The van der Waals surface area contributed by atoms with Crippen LogP contribution in [0.3, 0.4) is 0 Å². The maximum Gasteiger partial charge on any atom is 0.338 e. The van der Waals surface area contributed by atoms with E-state index in [1.54, 1.807) is 0 Å². The van der Waals surface area contributed by atoms with Crippen molar-refractivity contribution < 1.29 is 19.4 Å². The van der Waals surface area contributed by atoms with Crippen molar-refractivity contribution in [1.29, 1.82) is 0 Å². The van der Waals surface area contributed by atoms with Crippen molar-refractivity contribution in [2.75, 3.05) is 13.2 Å². The van der Waals surface area contributed by atoms with E-state index in [1.807, 2.05) is 0 Å². The zero-order valence-corrected chi connectivity index (χ0v) is 8.03. The number of carbonyl (C=O) groups is 1. The molecule has 0 bridgehead atoms. The number of esters is 1. The van der Waals surface area contributed by atoms with Crippen LogP contribution >= 0.6 is 0 Å². The van der Waals surface area contributed by atoms with Gasteiger partial charge in [-0.2, -0.15) is 0 Å². The second kappa shape index (κ2) is 4.58. The Morgan fingerprint density at radius 1 is 1.62 bits per heavy atom. The molecule has 1 aliphatic rings. The third-order valence-corrected chi connectivity index (χ3v) is 1.93. The molecule has 0 radical (unpaired) electrons. The Hall–Kier alpha value is -0.610. The molecule has 1 aliphatic heterocycles. The first-order chi connectivity index (χ1) is 6.15. The van der Waals surface area contributed by atoms with Crippen LogP contribution in [0.4, 0.5) is 0 Å². The summed E-state index contributed by atoms with van der Waals surface area (Å²) in [5, 5.41) is 8.61. The van der Waals surface area contributed by atoms with Crippen LogP contribution in [-0.2, 0) is 14.3 Å². The van der Waals surface area contributed by atoms with Crippen molar-refractivity contribution in [1.82, 2.24) is 0 Å². The minimum atomic E-state index is -0.517. The number of carbonyl (C=O) groups excluding carboxylic acids is 1. The highest BCUT2D eigenvalue weighted by Crippen LogP contribution is 2.22. The molecule has 1 N–H and O–H groups in total. The fourth-order valence-electron chi connectivity index (χ4n) is 0.966. The van der Waals surface area contributed by atoms with Crippen molar-refractivity contribution in [3.63, 3.8) is 0 Å². The molecule has 0 aromatic carbocycles. The molecule has 76 valence electrons. The maximum absolute atomic E-state index is 11.1. The monoisotopic (exact) mass is 188 g/mol. The first-order valence-corrected chi connectivity index (χ1v) is 4.58. The van der Waals surface area contributed by atoms with Crippen LogP contribution in [0.5, 0.6) is 0 Å². The summed E-state index contributed by atoms with van der Waals surface area (Å²) in [5.41, 5.74) is 0. The molecule has 0 aromatic rings. The number of ether oxygens (including phenoxy) is 2. The van der Waals surface area contributed by atoms with Crippen LogP contribution in [0.2, 0.25) is 0 Å². The molecule has 13 heavy (non-hydrogen) atoms. The van der Waals surface area contributed by atoms with Gasteiger partial charge in [0.2, 0.25) is 0 Å². The van der Waals surface area contributed by atoms with Gasteiger partial charge in [-0.1, -0.05) is 13.8 Å². The molecule has 0 aliphatic carbocycles. The van der Waals surface area contributed by atoms with Gasteiger partial charge in [0, 0.05) is 0 Å². The van der Waals surface area contributed by atoms with Gasteiger partial charge in [0.25, 0.3) is 0 Å². The van der Waals surface area contributed by atoms with Gasteiger partial charge in [0.15, 0.2) is 6.10 Å². The second-order valence-electron chi connectivity index (χ2n) is 3.63. The zero-order valence-electron chi connectivity index (χ0n) is 8.03. The van der Waals surface area contributed by atoms with Crippen LogP contribution in [0, 0.1) is 5.92 Å². The molecule has 1 heterocycles. The van der Waals surface area contributed by atoms with Crippen LogP contribution in [0.25, 0.3) is 0 Å². The topological polar surface area (TPSA) is 59.1 Å². The van der Waals surface area contributed by atoms with Gasteiger partial charge in [0.1, 0.15) is 6.10 Å². The lowest BCUT2D eigenvalue weighted by Crippen LogP contribution is -2.16. The summed E-state index contributed by atoms with van der Waals surface area (Å²) < 4.78 is 9.79. The summed E-state index contributed by atoms with van der Waals surface area (Å²) in [6, 6.07) is 0. The van der Waals surface area contributed by atoms with Gasteiger partial charge in [-0.3, -0.25) is 0 Å². The van der Waals surface area contributed by atoms with Gasteiger partial charge in [-0.05, 0) is 12.3 Å². The van der Waals surface area contributed by atoms with E-state index in [2.05, 4.69) is 13.8 Å². The van der Waals surface area contributed by atoms with E-state index in [1.165, 1.54) is 0 Å². The third kappa shape index (κ3) is 3.32. The summed E-state index contributed by atoms with van der Waals surface area (Å²) in [7, 11) is 0. The Bertz CT molecular complexity index is 178. The largest absolute Gasteiger partial charge is 0.464 e. The number of epoxide rings is 1. The number of rotatable bonds is 5. The molecule has 4 heteroatoms. The second-order valence-corrected chi connectivity index (χ2v) is 3.63. The molecule has 0 unspecified atom stereocenters. The molecule has 4 nitrogen and oxygen atoms in total. The minimum Gasteiger partial charge on any atom is -0.464 e. The highest BCUT2D eigenvalue weighted by Gasteiger charge is 2.45. The van der Waals surface area contributed by atoms with Crippen LogP contribution in [0.1, 0.15) is 20.3 Å². The van der Waals surface area contributed by atoms with Crippen LogP contribution in [0.15, 0.2) is 0 Å². The van der Waals surface area contributed by atoms with E-state index in [0.717, 1.165) is 6.42 Å². The van der Waals surface area contributed by atoms with E-state index in [9.17, 15) is 4.79 Å². The van der Waals surface area contributed by atoms with Crippen molar-refractivity contribution in [3.05, 3.63) is 0 Å². The third-order valence-electron chi connectivity index (χ3n) is 1.93. The van der Waals surface area contributed by atoms with E-state index in [4.69, 9.17) is 14.6 Å². The lowest BCUT2D eigenvalue weighted by Gasteiger charge is -2.04. The standard InChI is InChI=1S/C9H16O4/c1-6(2)3-4-12-9(11)8-7(5-10)13-8/h6-8,10H,3-5H2,1-2H3/t7-,8+/m1/s1. The molecule has 0 saturated carbocycles. The van der Waals surface area contributed by atoms with Gasteiger partial charge >= 0.3 is 5.97 Å². The SMILES string of the molecule is CC(C)CCOC(=O)[C@H]1O[C@@H]1CO. The van der Waals surface area contributed by atoms with Crippen molar-refractivity contribution in [3.8, 4) is 0 Å². The Morgan fingerprint density at radius 2 is 2.31 bits per heavy atom. The lowest BCUT2D eigenvalue weighted by molar-refractivity contribution is -0.145. The number of hydrogen-bond donors (Lipinski definition) is 1. The molecule has 1 rings (SSSR count). The average molecular weight is 188 g/mol. The summed E-state index contributed by atoms with van der Waals surface area (Å²) in [6.07, 6.45) is 0.0196. The van der Waals surface area contributed by atoms with E-state index in [-0.39, 0.29) is 18.7 Å². The van der Waals surface area contributed by atoms with Crippen molar-refractivity contribution in [2.24, 2.45) is 5.92 Å². The van der Waals surface area contributed by atoms with Gasteiger partial charge in [-0.15, -0.1) is 0 Å².